The Balaban J connectivity index is 0.660. The highest BCUT2D eigenvalue weighted by Gasteiger charge is 2.32. The zero-order chi connectivity index (χ0) is 41.4. The molecule has 4 fully saturated rings. The number of aromatic amines is 1. The van der Waals surface area contributed by atoms with Crippen molar-refractivity contribution in [1.29, 1.82) is 0 Å². The van der Waals surface area contributed by atoms with Gasteiger partial charge in [-0.05, 0) is 113 Å². The Morgan fingerprint density at radius 1 is 0.917 bits per heavy atom. The van der Waals surface area contributed by atoms with Gasteiger partial charge in [-0.3, -0.25) is 33.7 Å². The number of aromatic nitrogens is 5. The number of unbranched alkanes of at least 4 members (excludes halogenated alkanes) is 2. The van der Waals surface area contributed by atoms with Crippen molar-refractivity contribution < 1.29 is 23.9 Å². The van der Waals surface area contributed by atoms with E-state index in [1.165, 1.54) is 10.1 Å². The molecule has 4 N–H and O–H groups in total. The van der Waals surface area contributed by atoms with Gasteiger partial charge in [0, 0.05) is 84.4 Å². The standard InChI is InChI=1S/C44H62N10O6/c1-51-37-26-30(7-12-35(37)54(44(51)58)36-13-14-38(55)50-43(36)57)6-2-4-22-59-23-5-3-17-45-28-39(56)53-20-18-52(19-21-53)33-10-8-32(9-11-33)49-42-40-34(31-15-24-60-25-16-31)27-46-41(40)47-29-48-42/h7,12,26-27,29,31-33,36,45H,2-6,8-11,13-25,28H2,1H3,(H,50,55,57)(H2,46,47,48,49)/t32-,33-,36?. The van der Waals surface area contributed by atoms with Crippen LogP contribution in [-0.2, 0) is 37.3 Å². The molecule has 1 atom stereocenters. The van der Waals surface area contributed by atoms with Gasteiger partial charge in [-0.25, -0.2) is 14.8 Å². The quantitative estimate of drug-likeness (QED) is 0.0900. The fourth-order valence-corrected chi connectivity index (χ4v) is 9.73. The van der Waals surface area contributed by atoms with Crippen LogP contribution in [-0.4, -0.2) is 129 Å². The average molecular weight is 827 g/mol. The molecule has 8 rings (SSSR count). The molecule has 0 bridgehead atoms. The molecule has 3 aliphatic heterocycles. The largest absolute Gasteiger partial charge is 0.381 e. The van der Waals surface area contributed by atoms with E-state index < -0.39 is 11.9 Å². The lowest BCUT2D eigenvalue weighted by atomic mass is 9.89. The van der Waals surface area contributed by atoms with Crippen molar-refractivity contribution in [1.82, 2.24) is 44.5 Å². The number of ether oxygens (including phenoxy) is 2. The van der Waals surface area contributed by atoms with Crippen LogP contribution in [0.2, 0.25) is 0 Å². The smallest absolute Gasteiger partial charge is 0.329 e. The van der Waals surface area contributed by atoms with Crippen molar-refractivity contribution in [2.24, 2.45) is 7.05 Å². The summed E-state index contributed by atoms with van der Waals surface area (Å²) in [6.07, 6.45) is 15.6. The first-order valence-electron chi connectivity index (χ1n) is 22.3. The number of aryl methyl sites for hydroxylation is 2. The van der Waals surface area contributed by atoms with Gasteiger partial charge in [-0.2, -0.15) is 0 Å². The molecule has 3 aromatic heterocycles. The van der Waals surface area contributed by atoms with Gasteiger partial charge in [0.05, 0.1) is 23.0 Å². The molecule has 1 aliphatic carbocycles. The monoisotopic (exact) mass is 826 g/mol. The van der Waals surface area contributed by atoms with Crippen molar-refractivity contribution in [3.05, 3.63) is 52.3 Å². The van der Waals surface area contributed by atoms with Gasteiger partial charge in [-0.15, -0.1) is 0 Å². The minimum absolute atomic E-state index is 0.188. The Morgan fingerprint density at radius 2 is 1.70 bits per heavy atom. The molecule has 1 aromatic carbocycles. The number of hydrogen-bond acceptors (Lipinski definition) is 11. The van der Waals surface area contributed by atoms with Gasteiger partial charge in [0.1, 0.15) is 23.8 Å². The number of fused-ring (bicyclic) bond motifs is 2. The van der Waals surface area contributed by atoms with Gasteiger partial charge in [0.2, 0.25) is 17.7 Å². The molecular formula is C44H62N10O6. The summed E-state index contributed by atoms with van der Waals surface area (Å²) < 4.78 is 14.6. The number of carbonyl (C=O) groups is 3. The third-order valence-corrected chi connectivity index (χ3v) is 13.2. The molecule has 16 heteroatoms. The third kappa shape index (κ3) is 9.77. The Morgan fingerprint density at radius 3 is 2.48 bits per heavy atom. The fourth-order valence-electron chi connectivity index (χ4n) is 9.73. The molecule has 0 radical (unpaired) electrons. The molecule has 16 nitrogen and oxygen atoms in total. The number of anilines is 1. The highest BCUT2D eigenvalue weighted by atomic mass is 16.5. The lowest BCUT2D eigenvalue weighted by Crippen LogP contribution is -2.54. The highest BCUT2D eigenvalue weighted by molar-refractivity contribution is 6.00. The van der Waals surface area contributed by atoms with Crippen LogP contribution in [0.15, 0.2) is 35.5 Å². The van der Waals surface area contributed by atoms with Crippen LogP contribution in [0, 0.1) is 0 Å². The van der Waals surface area contributed by atoms with Gasteiger partial charge < -0.3 is 30.0 Å². The van der Waals surface area contributed by atoms with Gasteiger partial charge in [0.15, 0.2) is 0 Å². The van der Waals surface area contributed by atoms with Gasteiger partial charge in [-0.1, -0.05) is 6.07 Å². The van der Waals surface area contributed by atoms with Gasteiger partial charge in [0.25, 0.3) is 0 Å². The number of nitrogens with one attached hydrogen (secondary N) is 4. The number of piperazine rings is 1. The molecule has 4 aromatic rings. The summed E-state index contributed by atoms with van der Waals surface area (Å²) in [5.74, 6) is 0.901. The number of hydrogen-bond donors (Lipinski definition) is 4. The maximum Gasteiger partial charge on any atom is 0.329 e. The number of nitrogens with zero attached hydrogens (tertiary/aromatic N) is 6. The maximum absolute atomic E-state index is 13.0. The number of amides is 3. The van der Waals surface area contributed by atoms with E-state index in [2.05, 4.69) is 37.0 Å². The van der Waals surface area contributed by atoms with Crippen molar-refractivity contribution in [3.8, 4) is 0 Å². The number of carbonyl (C=O) groups excluding carboxylic acids is 3. The summed E-state index contributed by atoms with van der Waals surface area (Å²) in [5, 5.41) is 10.6. The molecular weight excluding hydrogens is 765 g/mol. The predicted octanol–water partition coefficient (Wildman–Crippen LogP) is 3.76. The fraction of sp³-hybridized carbons (Fsp3) is 0.636. The molecule has 1 saturated carbocycles. The number of piperidine rings is 1. The van der Waals surface area contributed by atoms with E-state index in [1.54, 1.807) is 17.9 Å². The zero-order valence-electron chi connectivity index (χ0n) is 35.1. The van der Waals surface area contributed by atoms with Crippen LogP contribution < -0.4 is 21.6 Å². The van der Waals surface area contributed by atoms with Crippen LogP contribution >= 0.6 is 0 Å². The van der Waals surface area contributed by atoms with E-state index in [0.717, 1.165) is 144 Å². The van der Waals surface area contributed by atoms with Crippen LogP contribution in [0.25, 0.3) is 22.1 Å². The summed E-state index contributed by atoms with van der Waals surface area (Å²) in [4.78, 5) is 67.3. The molecule has 1 unspecified atom stereocenters. The number of rotatable bonds is 17. The molecule has 3 amide bonds. The maximum atomic E-state index is 13.0. The summed E-state index contributed by atoms with van der Waals surface area (Å²) in [5.41, 5.74) is 4.59. The van der Waals surface area contributed by atoms with E-state index in [9.17, 15) is 19.2 Å². The second-order valence-electron chi connectivity index (χ2n) is 17.1. The molecule has 3 saturated heterocycles. The van der Waals surface area contributed by atoms with Crippen LogP contribution in [0.3, 0.4) is 0 Å². The number of imide groups is 1. The number of benzene rings is 1. The Kier molecular flexibility index (Phi) is 13.9. The third-order valence-electron chi connectivity index (χ3n) is 13.2. The van der Waals surface area contributed by atoms with Crippen molar-refractivity contribution in [3.63, 3.8) is 0 Å². The second kappa shape index (κ2) is 19.8. The highest BCUT2D eigenvalue weighted by Crippen LogP contribution is 2.36. The van der Waals surface area contributed by atoms with Crippen molar-refractivity contribution >= 4 is 45.6 Å². The summed E-state index contributed by atoms with van der Waals surface area (Å²) in [6, 6.07) is 6.23. The van der Waals surface area contributed by atoms with E-state index in [-0.39, 0.29) is 23.9 Å². The Hall–Kier alpha value is -4.64. The lowest BCUT2D eigenvalue weighted by molar-refractivity contribution is -0.136. The predicted molar refractivity (Wildman–Crippen MR) is 229 cm³/mol. The second-order valence-corrected chi connectivity index (χ2v) is 17.1. The Labute approximate surface area is 351 Å². The molecule has 4 aliphatic rings. The first-order valence-corrected chi connectivity index (χ1v) is 22.3. The van der Waals surface area contributed by atoms with Gasteiger partial charge >= 0.3 is 5.69 Å². The average Bonchev–Trinajstić information content (AvgIpc) is 3.82. The number of imidazole rings is 1. The SMILES string of the molecule is Cn1c(=O)n(C2CCC(=O)NC2=O)c2ccc(CCCCOCCCCNCC(=O)N3CCN([C@H]4CC[C@H](Nc5ncnc6[nH]cc(C7CCOCC7)c56)CC4)CC3)cc21. The lowest BCUT2D eigenvalue weighted by Gasteiger charge is -2.42. The molecule has 324 valence electrons. The van der Waals surface area contributed by atoms with Crippen LogP contribution in [0.5, 0.6) is 0 Å². The van der Waals surface area contributed by atoms with E-state index in [4.69, 9.17) is 14.5 Å². The topological polar surface area (TPSA) is 181 Å². The summed E-state index contributed by atoms with van der Waals surface area (Å²) >= 11 is 0. The zero-order valence-corrected chi connectivity index (χ0v) is 35.1. The molecule has 0 spiro atoms. The summed E-state index contributed by atoms with van der Waals surface area (Å²) in [6.45, 7) is 7.65. The Bertz CT molecular complexity index is 2160. The minimum Gasteiger partial charge on any atom is -0.381 e. The first kappa shape index (κ1) is 42.1. The molecule has 60 heavy (non-hydrogen) atoms. The summed E-state index contributed by atoms with van der Waals surface area (Å²) in [7, 11) is 1.72. The van der Waals surface area contributed by atoms with Crippen molar-refractivity contribution in [2.75, 3.05) is 71.0 Å². The number of H-pyrrole nitrogens is 1. The minimum atomic E-state index is -0.676. The van der Waals surface area contributed by atoms with Crippen molar-refractivity contribution in [2.45, 2.75) is 108 Å². The van der Waals surface area contributed by atoms with E-state index >= 15 is 0 Å². The normalized spacial score (nSPS) is 22.1. The van der Waals surface area contributed by atoms with Crippen LogP contribution in [0.1, 0.15) is 100 Å². The van der Waals surface area contributed by atoms with E-state index in [1.807, 2.05) is 23.1 Å². The van der Waals surface area contributed by atoms with E-state index in [0.29, 0.717) is 49.7 Å². The molecule has 6 heterocycles. The van der Waals surface area contributed by atoms with Crippen LogP contribution in [0.4, 0.5) is 5.82 Å². The first-order chi connectivity index (χ1) is 29.3.